The number of aromatic nitrogens is 3. The van der Waals surface area contributed by atoms with Crippen molar-refractivity contribution in [3.8, 4) is 6.01 Å². The molecule has 1 rings (SSSR count). The van der Waals surface area contributed by atoms with Crippen LogP contribution in [0.5, 0.6) is 6.01 Å². The van der Waals surface area contributed by atoms with Gasteiger partial charge in [-0.2, -0.15) is 15.0 Å². The number of nitrogens with zero attached hydrogens (tertiary/aromatic N) is 3. The Hall–Kier alpha value is -1.18. The summed E-state index contributed by atoms with van der Waals surface area (Å²) in [6.45, 7) is 2.96. The van der Waals surface area contributed by atoms with Crippen molar-refractivity contribution in [2.24, 2.45) is 0 Å². The summed E-state index contributed by atoms with van der Waals surface area (Å²) in [5, 5.41) is 12.1. The lowest BCUT2D eigenvalue weighted by atomic mass is 10.2. The predicted octanol–water partition coefficient (Wildman–Crippen LogP) is 1.12. The van der Waals surface area contributed by atoms with Gasteiger partial charge in [-0.1, -0.05) is 6.92 Å². The molecule has 0 bridgehead atoms. The van der Waals surface area contributed by atoms with Crippen LogP contribution in [0.4, 0.5) is 5.95 Å². The first-order valence-electron chi connectivity index (χ1n) is 6.10. The maximum Gasteiger partial charge on any atom is 0.322 e. The number of aliphatic hydroxyl groups is 1. The Morgan fingerprint density at radius 1 is 1.37 bits per heavy atom. The summed E-state index contributed by atoms with van der Waals surface area (Å²) >= 11 is 5.80. The molecular formula is C11H19ClN4O3. The molecule has 8 heteroatoms. The molecule has 0 fully saturated rings. The van der Waals surface area contributed by atoms with Crippen molar-refractivity contribution >= 4 is 17.5 Å². The smallest absolute Gasteiger partial charge is 0.322 e. The van der Waals surface area contributed by atoms with Gasteiger partial charge in [-0.25, -0.2) is 0 Å². The maximum absolute atomic E-state index is 8.97. The molecule has 1 atom stereocenters. The van der Waals surface area contributed by atoms with Crippen molar-refractivity contribution in [1.82, 2.24) is 15.0 Å². The zero-order chi connectivity index (χ0) is 14.1. The molecule has 1 aromatic heterocycles. The lowest BCUT2D eigenvalue weighted by Gasteiger charge is -2.16. The van der Waals surface area contributed by atoms with Crippen LogP contribution in [0.25, 0.3) is 0 Å². The van der Waals surface area contributed by atoms with Gasteiger partial charge in [-0.15, -0.1) is 0 Å². The number of halogens is 1. The molecule has 2 N–H and O–H groups in total. The lowest BCUT2D eigenvalue weighted by Crippen LogP contribution is -2.27. The minimum absolute atomic E-state index is 0.0407. The van der Waals surface area contributed by atoms with Gasteiger partial charge in [0.1, 0.15) is 0 Å². The number of methoxy groups -OCH3 is 1. The van der Waals surface area contributed by atoms with Crippen molar-refractivity contribution in [2.75, 3.05) is 32.2 Å². The average molecular weight is 291 g/mol. The highest BCUT2D eigenvalue weighted by molar-refractivity contribution is 6.28. The van der Waals surface area contributed by atoms with E-state index in [0.29, 0.717) is 25.6 Å². The van der Waals surface area contributed by atoms with Gasteiger partial charge in [0, 0.05) is 13.7 Å². The zero-order valence-corrected chi connectivity index (χ0v) is 11.9. The standard InChI is InChI=1S/C11H19ClN4O3/c1-3-6-19-11-15-9(12)14-10(16-11)13-8(4-5-17)7-18-2/h8,17H,3-7H2,1-2H3,(H,13,14,15,16). The first-order chi connectivity index (χ1) is 9.19. The van der Waals surface area contributed by atoms with Crippen LogP contribution in [0.1, 0.15) is 19.8 Å². The van der Waals surface area contributed by atoms with Crippen molar-refractivity contribution in [3.05, 3.63) is 5.28 Å². The fourth-order valence-electron chi connectivity index (χ4n) is 1.39. The van der Waals surface area contributed by atoms with Gasteiger partial charge < -0.3 is 19.9 Å². The lowest BCUT2D eigenvalue weighted by molar-refractivity contribution is 0.170. The molecule has 1 aromatic rings. The van der Waals surface area contributed by atoms with E-state index in [1.54, 1.807) is 7.11 Å². The number of hydrogen-bond donors (Lipinski definition) is 2. The van der Waals surface area contributed by atoms with Gasteiger partial charge in [0.25, 0.3) is 0 Å². The molecule has 0 aromatic carbocycles. The monoisotopic (exact) mass is 290 g/mol. The highest BCUT2D eigenvalue weighted by Gasteiger charge is 2.12. The fourth-order valence-corrected chi connectivity index (χ4v) is 1.54. The van der Waals surface area contributed by atoms with Gasteiger partial charge in [0.05, 0.1) is 19.3 Å². The second-order valence-corrected chi connectivity index (χ2v) is 4.21. The minimum atomic E-state index is -0.104. The van der Waals surface area contributed by atoms with Gasteiger partial charge in [-0.3, -0.25) is 0 Å². The molecular weight excluding hydrogens is 272 g/mol. The summed E-state index contributed by atoms with van der Waals surface area (Å²) in [5.74, 6) is 0.307. The van der Waals surface area contributed by atoms with Crippen molar-refractivity contribution < 1.29 is 14.6 Å². The number of nitrogens with one attached hydrogen (secondary N) is 1. The highest BCUT2D eigenvalue weighted by atomic mass is 35.5. The Balaban J connectivity index is 2.72. The number of anilines is 1. The van der Waals surface area contributed by atoms with E-state index in [4.69, 9.17) is 26.2 Å². The Labute approximate surface area is 117 Å². The SMILES string of the molecule is CCCOc1nc(Cl)nc(NC(CCO)COC)n1. The molecule has 1 unspecified atom stereocenters. The first kappa shape index (κ1) is 15.9. The van der Waals surface area contributed by atoms with E-state index in [9.17, 15) is 0 Å². The van der Waals surface area contributed by atoms with Crippen LogP contribution >= 0.6 is 11.6 Å². The second-order valence-electron chi connectivity index (χ2n) is 3.87. The number of hydrogen-bond acceptors (Lipinski definition) is 7. The van der Waals surface area contributed by atoms with Crippen LogP contribution < -0.4 is 10.1 Å². The van der Waals surface area contributed by atoms with Crippen molar-refractivity contribution in [3.63, 3.8) is 0 Å². The number of ether oxygens (including phenoxy) is 2. The third-order valence-electron chi connectivity index (χ3n) is 2.20. The van der Waals surface area contributed by atoms with E-state index in [-0.39, 0.29) is 23.9 Å². The van der Waals surface area contributed by atoms with Crippen LogP contribution in [-0.2, 0) is 4.74 Å². The molecule has 108 valence electrons. The van der Waals surface area contributed by atoms with Crippen molar-refractivity contribution in [1.29, 1.82) is 0 Å². The Morgan fingerprint density at radius 2 is 2.16 bits per heavy atom. The predicted molar refractivity (Wildman–Crippen MR) is 71.6 cm³/mol. The molecule has 19 heavy (non-hydrogen) atoms. The van der Waals surface area contributed by atoms with E-state index in [0.717, 1.165) is 6.42 Å². The molecule has 0 aliphatic heterocycles. The van der Waals surface area contributed by atoms with Crippen LogP contribution in [0, 0.1) is 0 Å². The summed E-state index contributed by atoms with van der Waals surface area (Å²) in [4.78, 5) is 11.9. The third-order valence-corrected chi connectivity index (χ3v) is 2.37. The van der Waals surface area contributed by atoms with E-state index < -0.39 is 0 Å². The third kappa shape index (κ3) is 6.00. The van der Waals surface area contributed by atoms with Gasteiger partial charge in [-0.05, 0) is 24.4 Å². The minimum Gasteiger partial charge on any atom is -0.463 e. The molecule has 0 saturated carbocycles. The summed E-state index contributed by atoms with van der Waals surface area (Å²) in [6.07, 6.45) is 1.37. The highest BCUT2D eigenvalue weighted by Crippen LogP contribution is 2.13. The molecule has 0 aliphatic rings. The maximum atomic E-state index is 8.97. The van der Waals surface area contributed by atoms with E-state index >= 15 is 0 Å². The Kier molecular flexibility index (Phi) is 7.39. The quantitative estimate of drug-likeness (QED) is 0.704. The van der Waals surface area contributed by atoms with E-state index in [1.807, 2.05) is 6.92 Å². The first-order valence-corrected chi connectivity index (χ1v) is 6.48. The molecule has 7 nitrogen and oxygen atoms in total. The Bertz CT molecular complexity index is 375. The Morgan fingerprint density at radius 3 is 2.79 bits per heavy atom. The zero-order valence-electron chi connectivity index (χ0n) is 11.1. The summed E-state index contributed by atoms with van der Waals surface area (Å²) < 4.78 is 10.4. The van der Waals surface area contributed by atoms with Gasteiger partial charge in [0.15, 0.2) is 0 Å². The molecule has 0 spiro atoms. The summed E-state index contributed by atoms with van der Waals surface area (Å²) in [5.41, 5.74) is 0. The molecule has 0 saturated heterocycles. The van der Waals surface area contributed by atoms with Gasteiger partial charge >= 0.3 is 6.01 Å². The van der Waals surface area contributed by atoms with Crippen LogP contribution in [0.2, 0.25) is 5.28 Å². The van der Waals surface area contributed by atoms with Crippen LogP contribution in [0.3, 0.4) is 0 Å². The number of rotatable bonds is 9. The van der Waals surface area contributed by atoms with E-state index in [1.165, 1.54) is 0 Å². The van der Waals surface area contributed by atoms with Gasteiger partial charge in [0.2, 0.25) is 11.2 Å². The molecule has 0 radical (unpaired) electrons. The van der Waals surface area contributed by atoms with Crippen molar-refractivity contribution in [2.45, 2.75) is 25.8 Å². The largest absolute Gasteiger partial charge is 0.463 e. The fraction of sp³-hybridized carbons (Fsp3) is 0.727. The molecule has 0 amide bonds. The van der Waals surface area contributed by atoms with Crippen LogP contribution in [-0.4, -0.2) is 53.0 Å². The average Bonchev–Trinajstić information content (AvgIpc) is 2.36. The normalized spacial score (nSPS) is 12.2. The van der Waals surface area contributed by atoms with Crippen LogP contribution in [0.15, 0.2) is 0 Å². The van der Waals surface area contributed by atoms with E-state index in [2.05, 4.69) is 20.3 Å². The summed E-state index contributed by atoms with van der Waals surface area (Å²) in [7, 11) is 1.59. The topological polar surface area (TPSA) is 89.4 Å². The second kappa shape index (κ2) is 8.84. The number of aliphatic hydroxyl groups excluding tert-OH is 1. The molecule has 0 aliphatic carbocycles. The summed E-state index contributed by atoms with van der Waals surface area (Å²) in [6, 6.07) is 0.0806. The molecule has 1 heterocycles.